The fraction of sp³-hybridized carbons (Fsp3) is 0.136. The van der Waals surface area contributed by atoms with Crippen LogP contribution in [0.5, 0.6) is 0 Å². The molecule has 0 aliphatic carbocycles. The molecule has 0 fully saturated rings. The number of aromatic nitrogens is 3. The predicted octanol–water partition coefficient (Wildman–Crippen LogP) is 4.60. The molecule has 0 radical (unpaired) electrons. The maximum atomic E-state index is 4.91. The first-order valence-corrected chi connectivity index (χ1v) is 10.0. The molecule has 0 aliphatic rings. The van der Waals surface area contributed by atoms with Crippen LogP contribution in [0.2, 0.25) is 0 Å². The Kier molecular flexibility index (Phi) is 5.30. The van der Waals surface area contributed by atoms with Crippen LogP contribution in [-0.2, 0) is 0 Å². The van der Waals surface area contributed by atoms with Gasteiger partial charge in [-0.05, 0) is 31.5 Å². The lowest BCUT2D eigenvalue weighted by atomic mass is 10.1. The molecular formula is C22H21N5S. The van der Waals surface area contributed by atoms with Crippen LogP contribution in [-0.4, -0.2) is 26.5 Å². The van der Waals surface area contributed by atoms with E-state index in [1.165, 1.54) is 0 Å². The van der Waals surface area contributed by atoms with E-state index in [0.717, 1.165) is 39.6 Å². The molecule has 5 nitrogen and oxygen atoms in total. The smallest absolute Gasteiger partial charge is 0.206 e. The first kappa shape index (κ1) is 18.1. The minimum Gasteiger partial charge on any atom is -0.306 e. The number of benzene rings is 2. The van der Waals surface area contributed by atoms with Crippen LogP contribution in [0.1, 0.15) is 19.4 Å². The number of imidazole rings is 1. The van der Waals surface area contributed by atoms with Crippen LogP contribution in [0.15, 0.2) is 88.8 Å². The highest BCUT2D eigenvalue weighted by atomic mass is 32.1. The van der Waals surface area contributed by atoms with Gasteiger partial charge in [-0.2, -0.15) is 5.10 Å². The van der Waals surface area contributed by atoms with Gasteiger partial charge in [0.15, 0.2) is 0 Å². The average Bonchev–Trinajstić information content (AvgIpc) is 3.40. The van der Waals surface area contributed by atoms with Crippen molar-refractivity contribution >= 4 is 17.0 Å². The second-order valence-corrected chi connectivity index (χ2v) is 7.09. The van der Waals surface area contributed by atoms with Crippen molar-refractivity contribution in [2.75, 3.05) is 6.54 Å². The van der Waals surface area contributed by atoms with Crippen molar-refractivity contribution in [1.82, 2.24) is 14.2 Å². The van der Waals surface area contributed by atoms with Crippen molar-refractivity contribution in [3.05, 3.63) is 89.1 Å². The molecule has 4 aromatic rings. The largest absolute Gasteiger partial charge is 0.306 e. The Morgan fingerprint density at radius 2 is 1.86 bits per heavy atom. The van der Waals surface area contributed by atoms with Crippen LogP contribution >= 0.6 is 11.3 Å². The summed E-state index contributed by atoms with van der Waals surface area (Å²) in [4.78, 5) is 9.61. The molecule has 0 atom stereocenters. The molecule has 0 saturated carbocycles. The highest BCUT2D eigenvalue weighted by molar-refractivity contribution is 7.07. The fourth-order valence-corrected chi connectivity index (χ4v) is 3.84. The summed E-state index contributed by atoms with van der Waals surface area (Å²) in [5.74, 6) is 0. The van der Waals surface area contributed by atoms with Gasteiger partial charge in [0.25, 0.3) is 0 Å². The SMILES string of the molecule is CCN=c1scc(-c2ccccc2)n1N=C(C)c1ccc(-n2ccnc2)cc1. The quantitative estimate of drug-likeness (QED) is 0.462. The average molecular weight is 388 g/mol. The van der Waals surface area contributed by atoms with Gasteiger partial charge in [-0.25, -0.2) is 9.66 Å². The van der Waals surface area contributed by atoms with Crippen LogP contribution in [0, 0.1) is 0 Å². The molecule has 0 spiro atoms. The van der Waals surface area contributed by atoms with E-state index < -0.39 is 0 Å². The highest BCUT2D eigenvalue weighted by Gasteiger charge is 2.08. The summed E-state index contributed by atoms with van der Waals surface area (Å²) in [5.41, 5.74) is 5.26. The van der Waals surface area contributed by atoms with Crippen LogP contribution < -0.4 is 4.80 Å². The summed E-state index contributed by atoms with van der Waals surface area (Å²) in [5, 5.41) is 7.02. The summed E-state index contributed by atoms with van der Waals surface area (Å²) in [6.45, 7) is 4.79. The number of hydrogen-bond donors (Lipinski definition) is 0. The Morgan fingerprint density at radius 3 is 2.54 bits per heavy atom. The van der Waals surface area contributed by atoms with Crippen LogP contribution in [0.3, 0.4) is 0 Å². The van der Waals surface area contributed by atoms with Crippen molar-refractivity contribution in [3.8, 4) is 16.9 Å². The molecule has 2 aromatic heterocycles. The van der Waals surface area contributed by atoms with Gasteiger partial charge in [-0.1, -0.05) is 42.5 Å². The van der Waals surface area contributed by atoms with E-state index in [9.17, 15) is 0 Å². The molecule has 0 bridgehead atoms. The van der Waals surface area contributed by atoms with Crippen molar-refractivity contribution in [1.29, 1.82) is 0 Å². The van der Waals surface area contributed by atoms with E-state index in [-0.39, 0.29) is 0 Å². The topological polar surface area (TPSA) is 47.5 Å². The van der Waals surface area contributed by atoms with Gasteiger partial charge in [0.1, 0.15) is 0 Å². The number of thiazole rings is 1. The van der Waals surface area contributed by atoms with Crippen molar-refractivity contribution < 1.29 is 0 Å². The molecule has 0 aliphatic heterocycles. The van der Waals surface area contributed by atoms with Gasteiger partial charge < -0.3 is 4.57 Å². The standard InChI is InChI=1S/C22H21N5S/c1-3-24-22-27(21(15-28-22)19-7-5-4-6-8-19)25-17(2)18-9-11-20(12-10-18)26-14-13-23-16-26/h4-16H,3H2,1-2H3. The molecule has 140 valence electrons. The molecule has 0 unspecified atom stereocenters. The first-order chi connectivity index (χ1) is 13.8. The van der Waals surface area contributed by atoms with E-state index in [1.807, 2.05) is 47.5 Å². The zero-order valence-electron chi connectivity index (χ0n) is 15.9. The third-order valence-electron chi connectivity index (χ3n) is 4.39. The molecule has 0 amide bonds. The van der Waals surface area contributed by atoms with E-state index in [4.69, 9.17) is 5.10 Å². The zero-order chi connectivity index (χ0) is 19.3. The van der Waals surface area contributed by atoms with Gasteiger partial charge >= 0.3 is 0 Å². The van der Waals surface area contributed by atoms with Gasteiger partial charge in [-0.15, -0.1) is 11.3 Å². The highest BCUT2D eigenvalue weighted by Crippen LogP contribution is 2.20. The first-order valence-electron chi connectivity index (χ1n) is 9.17. The third-order valence-corrected chi connectivity index (χ3v) is 5.24. The lowest BCUT2D eigenvalue weighted by molar-refractivity contribution is 0.827. The maximum Gasteiger partial charge on any atom is 0.206 e. The molecule has 28 heavy (non-hydrogen) atoms. The second kappa shape index (κ2) is 8.19. The van der Waals surface area contributed by atoms with Crippen LogP contribution in [0.25, 0.3) is 16.9 Å². The number of rotatable bonds is 5. The Balaban J connectivity index is 1.73. The number of hydrogen-bond acceptors (Lipinski definition) is 4. The molecular weight excluding hydrogens is 366 g/mol. The van der Waals surface area contributed by atoms with Crippen LogP contribution in [0.4, 0.5) is 0 Å². The number of nitrogens with zero attached hydrogens (tertiary/aromatic N) is 5. The minimum atomic E-state index is 0.725. The second-order valence-electron chi connectivity index (χ2n) is 6.26. The fourth-order valence-electron chi connectivity index (χ4n) is 2.94. The summed E-state index contributed by atoms with van der Waals surface area (Å²) in [6.07, 6.45) is 5.50. The Morgan fingerprint density at radius 1 is 1.07 bits per heavy atom. The van der Waals surface area contributed by atoms with Crippen molar-refractivity contribution in [2.24, 2.45) is 10.1 Å². The summed E-state index contributed by atoms with van der Waals surface area (Å²) in [6, 6.07) is 18.6. The third kappa shape index (κ3) is 3.73. The molecule has 0 N–H and O–H groups in total. The van der Waals surface area contributed by atoms with Gasteiger partial charge in [0.05, 0.1) is 17.7 Å². The minimum absolute atomic E-state index is 0.725. The van der Waals surface area contributed by atoms with Gasteiger partial charge in [-0.3, -0.25) is 4.99 Å². The summed E-state index contributed by atoms with van der Waals surface area (Å²) in [7, 11) is 0. The lowest BCUT2D eigenvalue weighted by Gasteiger charge is -2.07. The van der Waals surface area contributed by atoms with E-state index in [2.05, 4.69) is 51.8 Å². The Labute approximate surface area is 168 Å². The van der Waals surface area contributed by atoms with Crippen molar-refractivity contribution in [2.45, 2.75) is 13.8 Å². The summed E-state index contributed by atoms with van der Waals surface area (Å²) >= 11 is 1.61. The van der Waals surface area contributed by atoms with E-state index in [0.29, 0.717) is 0 Å². The van der Waals surface area contributed by atoms with E-state index >= 15 is 0 Å². The van der Waals surface area contributed by atoms with Gasteiger partial charge in [0, 0.05) is 35.6 Å². The molecule has 4 rings (SSSR count). The molecule has 0 saturated heterocycles. The molecule has 2 heterocycles. The van der Waals surface area contributed by atoms with Crippen molar-refractivity contribution in [3.63, 3.8) is 0 Å². The normalized spacial score (nSPS) is 12.5. The van der Waals surface area contributed by atoms with Gasteiger partial charge in [0.2, 0.25) is 4.80 Å². The summed E-state index contributed by atoms with van der Waals surface area (Å²) < 4.78 is 3.93. The zero-order valence-corrected chi connectivity index (χ0v) is 16.7. The maximum absolute atomic E-state index is 4.91. The lowest BCUT2D eigenvalue weighted by Crippen LogP contribution is -2.14. The molecule has 6 heteroatoms. The Bertz CT molecular complexity index is 1130. The van der Waals surface area contributed by atoms with E-state index in [1.54, 1.807) is 23.9 Å². The monoisotopic (exact) mass is 387 g/mol. The Hall–Kier alpha value is -3.25. The molecule has 2 aromatic carbocycles. The predicted molar refractivity (Wildman–Crippen MR) is 115 cm³/mol.